The summed E-state index contributed by atoms with van der Waals surface area (Å²) in [4.78, 5) is 1.16. The molecule has 0 aliphatic carbocycles. The molecular formula is C10H9IS2. The lowest BCUT2D eigenvalue weighted by molar-refractivity contribution is 1.10. The van der Waals surface area contributed by atoms with Crippen molar-refractivity contribution in [2.24, 2.45) is 0 Å². The summed E-state index contributed by atoms with van der Waals surface area (Å²) >= 11 is 8.73. The Kier molecular flexibility index (Phi) is 2.86. The summed E-state index contributed by atoms with van der Waals surface area (Å²) in [5.74, 6) is 0. The van der Waals surface area contributed by atoms with E-state index >= 15 is 0 Å². The minimum absolute atomic E-state index is 1.06. The van der Waals surface area contributed by atoms with E-state index in [1.807, 2.05) is 0 Å². The molecule has 0 fully saturated rings. The fraction of sp³-hybridized carbons (Fsp3) is 0.200. The Morgan fingerprint density at radius 2 is 2.31 bits per heavy atom. The predicted octanol–water partition coefficient (Wildman–Crippen LogP) is 4.36. The monoisotopic (exact) mass is 320 g/mol. The van der Waals surface area contributed by atoms with E-state index in [9.17, 15) is 0 Å². The van der Waals surface area contributed by atoms with Gasteiger partial charge in [-0.1, -0.05) is 6.92 Å². The number of thiol groups is 1. The molecule has 2 aromatic rings. The quantitative estimate of drug-likeness (QED) is 0.586. The van der Waals surface area contributed by atoms with Crippen molar-refractivity contribution >= 4 is 56.6 Å². The summed E-state index contributed by atoms with van der Waals surface area (Å²) in [7, 11) is 0. The second-order valence-electron chi connectivity index (χ2n) is 2.88. The Bertz CT molecular complexity index is 445. The Morgan fingerprint density at radius 3 is 3.00 bits per heavy atom. The van der Waals surface area contributed by atoms with Crippen molar-refractivity contribution in [2.45, 2.75) is 18.2 Å². The van der Waals surface area contributed by atoms with Crippen LogP contribution in [0.5, 0.6) is 0 Å². The highest BCUT2D eigenvalue weighted by Crippen LogP contribution is 2.33. The van der Waals surface area contributed by atoms with Crippen LogP contribution in [0.15, 0.2) is 22.4 Å². The van der Waals surface area contributed by atoms with Crippen LogP contribution in [0.3, 0.4) is 0 Å². The minimum Gasteiger partial charge on any atom is -0.143 e. The molecule has 1 aromatic carbocycles. The third-order valence-electron chi connectivity index (χ3n) is 2.12. The highest BCUT2D eigenvalue weighted by atomic mass is 127. The Hall–Kier alpha value is 0.260. The summed E-state index contributed by atoms with van der Waals surface area (Å²) in [5.41, 5.74) is 1.35. The van der Waals surface area contributed by atoms with E-state index in [-0.39, 0.29) is 0 Å². The maximum Gasteiger partial charge on any atom is 0.0489 e. The topological polar surface area (TPSA) is 0 Å². The van der Waals surface area contributed by atoms with E-state index in [0.717, 1.165) is 11.3 Å². The van der Waals surface area contributed by atoms with Gasteiger partial charge in [-0.15, -0.1) is 24.0 Å². The van der Waals surface area contributed by atoms with Gasteiger partial charge in [0.2, 0.25) is 0 Å². The van der Waals surface area contributed by atoms with Crippen LogP contribution in [0.4, 0.5) is 0 Å². The van der Waals surface area contributed by atoms with Gasteiger partial charge in [0, 0.05) is 18.6 Å². The van der Waals surface area contributed by atoms with Crippen LogP contribution in [0.1, 0.15) is 12.5 Å². The Labute approximate surface area is 101 Å². The molecule has 1 aromatic heterocycles. The molecule has 0 aliphatic rings. The van der Waals surface area contributed by atoms with E-state index in [2.05, 4.69) is 59.7 Å². The summed E-state index contributed by atoms with van der Waals surface area (Å²) in [5, 5.41) is 3.47. The number of thiophene rings is 1. The largest absolute Gasteiger partial charge is 0.143 e. The number of hydrogen-bond acceptors (Lipinski definition) is 2. The van der Waals surface area contributed by atoms with Crippen molar-refractivity contribution in [1.82, 2.24) is 0 Å². The molecule has 0 radical (unpaired) electrons. The lowest BCUT2D eigenvalue weighted by Gasteiger charge is -2.04. The second-order valence-corrected chi connectivity index (χ2v) is 5.41. The third-order valence-corrected chi connectivity index (χ3v) is 4.61. The van der Waals surface area contributed by atoms with Gasteiger partial charge in [0.25, 0.3) is 0 Å². The molecule has 0 spiro atoms. The van der Waals surface area contributed by atoms with Crippen molar-refractivity contribution in [3.8, 4) is 0 Å². The lowest BCUT2D eigenvalue weighted by Crippen LogP contribution is -1.85. The van der Waals surface area contributed by atoms with Crippen LogP contribution in [-0.2, 0) is 6.42 Å². The number of halogens is 1. The zero-order valence-electron chi connectivity index (χ0n) is 7.17. The lowest BCUT2D eigenvalue weighted by atomic mass is 10.1. The van der Waals surface area contributed by atoms with Crippen molar-refractivity contribution in [2.75, 3.05) is 0 Å². The van der Waals surface area contributed by atoms with Crippen LogP contribution in [0, 0.1) is 3.57 Å². The first-order valence-corrected chi connectivity index (χ1v) is 6.52. The number of hydrogen-bond donors (Lipinski definition) is 1. The SMILES string of the molecule is CCc1cc(I)c2ccsc2c1S. The maximum absolute atomic E-state index is 4.56. The second kappa shape index (κ2) is 3.79. The zero-order chi connectivity index (χ0) is 9.42. The van der Waals surface area contributed by atoms with E-state index in [1.54, 1.807) is 11.3 Å². The van der Waals surface area contributed by atoms with E-state index in [0.29, 0.717) is 0 Å². The molecule has 0 saturated heterocycles. The molecule has 0 nitrogen and oxygen atoms in total. The van der Waals surface area contributed by atoms with Gasteiger partial charge in [0.1, 0.15) is 0 Å². The summed E-state index contributed by atoms with van der Waals surface area (Å²) in [6.07, 6.45) is 1.06. The molecule has 0 bridgehead atoms. The van der Waals surface area contributed by atoms with Crippen molar-refractivity contribution < 1.29 is 0 Å². The molecule has 1 heterocycles. The van der Waals surface area contributed by atoms with Gasteiger partial charge in [-0.2, -0.15) is 0 Å². The standard InChI is InChI=1S/C10H9IS2/c1-2-6-5-8(11)7-3-4-13-10(7)9(6)12/h3-5,12H,2H2,1H3. The first kappa shape index (κ1) is 9.80. The van der Waals surface area contributed by atoms with E-state index in [1.165, 1.54) is 19.2 Å². The first-order chi connectivity index (χ1) is 6.24. The highest BCUT2D eigenvalue weighted by molar-refractivity contribution is 14.1. The molecule has 3 heteroatoms. The van der Waals surface area contributed by atoms with E-state index in [4.69, 9.17) is 0 Å². The molecule has 0 N–H and O–H groups in total. The Morgan fingerprint density at radius 1 is 1.54 bits per heavy atom. The molecule has 13 heavy (non-hydrogen) atoms. The smallest absolute Gasteiger partial charge is 0.0489 e. The molecule has 0 atom stereocenters. The van der Waals surface area contributed by atoms with Gasteiger partial charge in [-0.05, 0) is 52.1 Å². The van der Waals surface area contributed by atoms with Crippen LogP contribution in [-0.4, -0.2) is 0 Å². The zero-order valence-corrected chi connectivity index (χ0v) is 11.0. The highest BCUT2D eigenvalue weighted by Gasteiger charge is 2.07. The molecular weight excluding hydrogens is 311 g/mol. The predicted molar refractivity (Wildman–Crippen MR) is 71.2 cm³/mol. The summed E-state index contributed by atoms with van der Waals surface area (Å²) in [6, 6.07) is 4.40. The van der Waals surface area contributed by atoms with E-state index < -0.39 is 0 Å². The molecule has 68 valence electrons. The first-order valence-electron chi connectivity index (χ1n) is 4.11. The molecule has 0 amide bonds. The van der Waals surface area contributed by atoms with Crippen LogP contribution in [0.25, 0.3) is 10.1 Å². The van der Waals surface area contributed by atoms with Crippen LogP contribution < -0.4 is 0 Å². The average Bonchev–Trinajstić information content (AvgIpc) is 2.60. The molecule has 2 rings (SSSR count). The van der Waals surface area contributed by atoms with Crippen molar-refractivity contribution in [1.29, 1.82) is 0 Å². The normalized spacial score (nSPS) is 11.0. The number of rotatable bonds is 1. The van der Waals surface area contributed by atoms with Gasteiger partial charge in [0.05, 0.1) is 0 Å². The van der Waals surface area contributed by atoms with Crippen molar-refractivity contribution in [3.05, 3.63) is 26.6 Å². The average molecular weight is 320 g/mol. The van der Waals surface area contributed by atoms with Gasteiger partial charge in [-0.3, -0.25) is 0 Å². The number of fused-ring (bicyclic) bond motifs is 1. The maximum atomic E-state index is 4.56. The van der Waals surface area contributed by atoms with Gasteiger partial charge < -0.3 is 0 Å². The fourth-order valence-corrected chi connectivity index (χ4v) is 3.79. The van der Waals surface area contributed by atoms with Crippen LogP contribution >= 0.6 is 46.6 Å². The van der Waals surface area contributed by atoms with Gasteiger partial charge in [0.15, 0.2) is 0 Å². The van der Waals surface area contributed by atoms with Crippen molar-refractivity contribution in [3.63, 3.8) is 0 Å². The van der Waals surface area contributed by atoms with Gasteiger partial charge >= 0.3 is 0 Å². The third kappa shape index (κ3) is 1.62. The fourth-order valence-electron chi connectivity index (χ4n) is 1.40. The Balaban J connectivity index is 2.85. The number of benzene rings is 1. The minimum atomic E-state index is 1.06. The van der Waals surface area contributed by atoms with Crippen LogP contribution in [0.2, 0.25) is 0 Å². The molecule has 0 unspecified atom stereocenters. The molecule has 0 saturated carbocycles. The summed E-state index contributed by atoms with van der Waals surface area (Å²) < 4.78 is 2.66. The van der Waals surface area contributed by atoms with Gasteiger partial charge in [-0.25, -0.2) is 0 Å². The molecule has 0 aliphatic heterocycles. The summed E-state index contributed by atoms with van der Waals surface area (Å²) in [6.45, 7) is 2.17. The number of aryl methyl sites for hydroxylation is 1.